The summed E-state index contributed by atoms with van der Waals surface area (Å²) in [6, 6.07) is 0. The molecular formula is C14H29N3O2. The van der Waals surface area contributed by atoms with Gasteiger partial charge in [-0.1, -0.05) is 19.3 Å². The standard InChI is InChI=1S/C14H29N3O2/c1-17(2)9-11-19-10-8-16-13(18)14(12-15)6-4-3-5-7-14/h3-12,15H2,1-2H3,(H,16,18). The highest BCUT2D eigenvalue weighted by atomic mass is 16.5. The molecule has 0 unspecified atom stereocenters. The largest absolute Gasteiger partial charge is 0.378 e. The molecule has 0 aromatic carbocycles. The third kappa shape index (κ3) is 5.47. The second-order valence-electron chi connectivity index (χ2n) is 5.72. The zero-order valence-electron chi connectivity index (χ0n) is 12.4. The number of hydrogen-bond acceptors (Lipinski definition) is 4. The molecule has 112 valence electrons. The van der Waals surface area contributed by atoms with E-state index in [-0.39, 0.29) is 11.3 Å². The van der Waals surface area contributed by atoms with Crippen LogP contribution in [0.3, 0.4) is 0 Å². The fourth-order valence-corrected chi connectivity index (χ4v) is 2.53. The van der Waals surface area contributed by atoms with Crippen LogP contribution in [0.15, 0.2) is 0 Å². The second-order valence-corrected chi connectivity index (χ2v) is 5.72. The highest BCUT2D eigenvalue weighted by Gasteiger charge is 2.37. The van der Waals surface area contributed by atoms with E-state index < -0.39 is 0 Å². The Bertz CT molecular complexity index is 263. The van der Waals surface area contributed by atoms with Crippen LogP contribution in [0, 0.1) is 5.41 Å². The van der Waals surface area contributed by atoms with Crippen LogP contribution >= 0.6 is 0 Å². The van der Waals surface area contributed by atoms with Crippen LogP contribution in [0.5, 0.6) is 0 Å². The summed E-state index contributed by atoms with van der Waals surface area (Å²) >= 11 is 0. The molecule has 0 spiro atoms. The number of carbonyl (C=O) groups is 1. The van der Waals surface area contributed by atoms with Crippen LogP contribution in [-0.2, 0) is 9.53 Å². The molecule has 0 heterocycles. The van der Waals surface area contributed by atoms with Crippen molar-refractivity contribution in [1.82, 2.24) is 10.2 Å². The van der Waals surface area contributed by atoms with Gasteiger partial charge in [-0.15, -0.1) is 0 Å². The maximum atomic E-state index is 12.2. The minimum absolute atomic E-state index is 0.117. The number of ether oxygens (including phenoxy) is 1. The number of likely N-dealkylation sites (N-methyl/N-ethyl adjacent to an activating group) is 1. The van der Waals surface area contributed by atoms with Gasteiger partial charge < -0.3 is 20.7 Å². The first-order chi connectivity index (χ1) is 9.10. The third-order valence-corrected chi connectivity index (χ3v) is 3.90. The first kappa shape index (κ1) is 16.4. The number of nitrogens with one attached hydrogen (secondary N) is 1. The highest BCUT2D eigenvalue weighted by molar-refractivity contribution is 5.83. The molecule has 0 aromatic rings. The van der Waals surface area contributed by atoms with Gasteiger partial charge in [-0.25, -0.2) is 0 Å². The molecule has 0 atom stereocenters. The van der Waals surface area contributed by atoms with Gasteiger partial charge in [0.25, 0.3) is 0 Å². The SMILES string of the molecule is CN(C)CCOCCNC(=O)C1(CN)CCCCC1. The molecule has 0 saturated heterocycles. The fourth-order valence-electron chi connectivity index (χ4n) is 2.53. The summed E-state index contributed by atoms with van der Waals surface area (Å²) in [5.74, 6) is 0.117. The molecule has 3 N–H and O–H groups in total. The molecule has 19 heavy (non-hydrogen) atoms. The Kier molecular flexibility index (Phi) is 7.34. The summed E-state index contributed by atoms with van der Waals surface area (Å²) in [6.07, 6.45) is 5.31. The Balaban J connectivity index is 2.18. The maximum absolute atomic E-state index is 12.2. The quantitative estimate of drug-likeness (QED) is 0.634. The summed E-state index contributed by atoms with van der Waals surface area (Å²) in [6.45, 7) is 3.21. The van der Waals surface area contributed by atoms with E-state index in [0.29, 0.717) is 26.3 Å². The van der Waals surface area contributed by atoms with Crippen molar-refractivity contribution in [3.8, 4) is 0 Å². The van der Waals surface area contributed by atoms with Gasteiger partial charge in [0.15, 0.2) is 0 Å². The van der Waals surface area contributed by atoms with Crippen molar-refractivity contribution in [3.05, 3.63) is 0 Å². The number of nitrogens with zero attached hydrogens (tertiary/aromatic N) is 1. The Morgan fingerprint density at radius 2 is 1.95 bits per heavy atom. The molecule has 1 rings (SSSR count). The number of carbonyl (C=O) groups excluding carboxylic acids is 1. The van der Waals surface area contributed by atoms with Crippen molar-refractivity contribution in [3.63, 3.8) is 0 Å². The summed E-state index contributed by atoms with van der Waals surface area (Å²) in [5, 5.41) is 2.97. The van der Waals surface area contributed by atoms with Gasteiger partial charge in [-0.3, -0.25) is 4.79 Å². The van der Waals surface area contributed by atoms with E-state index in [4.69, 9.17) is 10.5 Å². The number of nitrogens with two attached hydrogens (primary N) is 1. The molecule has 5 nitrogen and oxygen atoms in total. The lowest BCUT2D eigenvalue weighted by atomic mass is 9.73. The Morgan fingerprint density at radius 3 is 2.53 bits per heavy atom. The molecule has 0 aromatic heterocycles. The van der Waals surface area contributed by atoms with Crippen LogP contribution in [0.25, 0.3) is 0 Å². The first-order valence-electron chi connectivity index (χ1n) is 7.31. The van der Waals surface area contributed by atoms with Crippen LogP contribution in [0.2, 0.25) is 0 Å². The molecule has 1 aliphatic carbocycles. The van der Waals surface area contributed by atoms with Crippen molar-refractivity contribution in [2.45, 2.75) is 32.1 Å². The molecule has 0 radical (unpaired) electrons. The van der Waals surface area contributed by atoms with Crippen molar-refractivity contribution < 1.29 is 9.53 Å². The average Bonchev–Trinajstić information content (AvgIpc) is 2.42. The van der Waals surface area contributed by atoms with Crippen molar-refractivity contribution in [2.75, 3.05) is 46.9 Å². The van der Waals surface area contributed by atoms with Crippen molar-refractivity contribution >= 4 is 5.91 Å². The number of amides is 1. The monoisotopic (exact) mass is 271 g/mol. The Hall–Kier alpha value is -0.650. The van der Waals surface area contributed by atoms with Gasteiger partial charge >= 0.3 is 0 Å². The minimum atomic E-state index is -0.318. The molecule has 1 saturated carbocycles. The molecule has 5 heteroatoms. The molecule has 0 aliphatic heterocycles. The van der Waals surface area contributed by atoms with Gasteiger partial charge in [0, 0.05) is 19.6 Å². The first-order valence-corrected chi connectivity index (χ1v) is 7.31. The van der Waals surface area contributed by atoms with Gasteiger partial charge in [-0.05, 0) is 26.9 Å². The van der Waals surface area contributed by atoms with Crippen molar-refractivity contribution in [1.29, 1.82) is 0 Å². The number of hydrogen-bond donors (Lipinski definition) is 2. The van der Waals surface area contributed by atoms with E-state index in [1.165, 1.54) is 6.42 Å². The lowest BCUT2D eigenvalue weighted by Crippen LogP contribution is -2.47. The van der Waals surface area contributed by atoms with Crippen LogP contribution in [-0.4, -0.2) is 57.8 Å². The van der Waals surface area contributed by atoms with E-state index in [0.717, 1.165) is 32.2 Å². The third-order valence-electron chi connectivity index (χ3n) is 3.90. The second kappa shape index (κ2) is 8.51. The van der Waals surface area contributed by atoms with Gasteiger partial charge in [0.05, 0.1) is 18.6 Å². The maximum Gasteiger partial charge on any atom is 0.227 e. The molecule has 1 aliphatic rings. The summed E-state index contributed by atoms with van der Waals surface area (Å²) in [4.78, 5) is 14.3. The number of rotatable bonds is 8. The predicted molar refractivity (Wildman–Crippen MR) is 77.0 cm³/mol. The molecular weight excluding hydrogens is 242 g/mol. The fraction of sp³-hybridized carbons (Fsp3) is 0.929. The van der Waals surface area contributed by atoms with Crippen LogP contribution in [0.4, 0.5) is 0 Å². The Morgan fingerprint density at radius 1 is 1.26 bits per heavy atom. The van der Waals surface area contributed by atoms with E-state index in [1.54, 1.807) is 0 Å². The van der Waals surface area contributed by atoms with Gasteiger partial charge in [0.1, 0.15) is 0 Å². The topological polar surface area (TPSA) is 67.6 Å². The zero-order chi connectivity index (χ0) is 14.1. The molecule has 1 amide bonds. The van der Waals surface area contributed by atoms with Crippen LogP contribution < -0.4 is 11.1 Å². The summed E-state index contributed by atoms with van der Waals surface area (Å²) in [5.41, 5.74) is 5.51. The van der Waals surface area contributed by atoms with Gasteiger partial charge in [0.2, 0.25) is 5.91 Å². The van der Waals surface area contributed by atoms with Crippen molar-refractivity contribution in [2.24, 2.45) is 11.1 Å². The van der Waals surface area contributed by atoms with Crippen LogP contribution in [0.1, 0.15) is 32.1 Å². The van der Waals surface area contributed by atoms with E-state index in [2.05, 4.69) is 10.2 Å². The molecule has 1 fully saturated rings. The Labute approximate surface area is 116 Å². The zero-order valence-corrected chi connectivity index (χ0v) is 12.4. The lowest BCUT2D eigenvalue weighted by Gasteiger charge is -2.34. The van der Waals surface area contributed by atoms with E-state index >= 15 is 0 Å². The minimum Gasteiger partial charge on any atom is -0.378 e. The normalized spacial score (nSPS) is 18.5. The highest BCUT2D eigenvalue weighted by Crippen LogP contribution is 2.35. The summed E-state index contributed by atoms with van der Waals surface area (Å²) in [7, 11) is 4.03. The average molecular weight is 271 g/mol. The van der Waals surface area contributed by atoms with Gasteiger partial charge in [-0.2, -0.15) is 0 Å². The lowest BCUT2D eigenvalue weighted by molar-refractivity contribution is -0.132. The molecule has 0 bridgehead atoms. The smallest absolute Gasteiger partial charge is 0.227 e. The van der Waals surface area contributed by atoms with E-state index in [1.807, 2.05) is 14.1 Å². The van der Waals surface area contributed by atoms with E-state index in [9.17, 15) is 4.79 Å². The summed E-state index contributed by atoms with van der Waals surface area (Å²) < 4.78 is 5.46. The predicted octanol–water partition coefficient (Wildman–Crippen LogP) is 0.590.